The van der Waals surface area contributed by atoms with E-state index in [4.69, 9.17) is 20.3 Å². The van der Waals surface area contributed by atoms with Crippen molar-refractivity contribution in [3.05, 3.63) is 17.7 Å². The third-order valence-corrected chi connectivity index (χ3v) is 3.13. The van der Waals surface area contributed by atoms with Gasteiger partial charge in [-0.05, 0) is 13.1 Å². The number of hydrogen-bond acceptors (Lipinski definition) is 5. The first-order chi connectivity index (χ1) is 9.53. The number of ether oxygens (including phenoxy) is 2. The summed E-state index contributed by atoms with van der Waals surface area (Å²) in [6.45, 7) is 7.27. The number of nitrogens with zero attached hydrogens (tertiary/aromatic N) is 1. The Labute approximate surface area is 119 Å². The van der Waals surface area contributed by atoms with Crippen LogP contribution in [0.1, 0.15) is 24.2 Å². The second-order valence-electron chi connectivity index (χ2n) is 4.27. The number of nitrogens with two attached hydrogens (primary N) is 1. The lowest BCUT2D eigenvalue weighted by molar-refractivity contribution is 0.0697. The number of likely N-dealkylation sites (N-methyl/N-ethyl adjacent to an activating group) is 1. The lowest BCUT2D eigenvalue weighted by Gasteiger charge is -2.19. The molecule has 6 heteroatoms. The largest absolute Gasteiger partial charge is 0.493 e. The fourth-order valence-corrected chi connectivity index (χ4v) is 1.86. The van der Waals surface area contributed by atoms with Gasteiger partial charge in [-0.25, -0.2) is 4.79 Å². The Balaban J connectivity index is 2.82. The van der Waals surface area contributed by atoms with Crippen molar-refractivity contribution in [1.29, 1.82) is 0 Å². The van der Waals surface area contributed by atoms with Crippen molar-refractivity contribution in [2.45, 2.75) is 13.8 Å². The molecule has 0 bridgehead atoms. The van der Waals surface area contributed by atoms with Crippen LogP contribution in [0.3, 0.4) is 0 Å². The number of nitrogen functional groups attached to an aromatic ring is 1. The topological polar surface area (TPSA) is 85.0 Å². The van der Waals surface area contributed by atoms with Crippen LogP contribution in [0, 0.1) is 0 Å². The Morgan fingerprint density at radius 3 is 2.45 bits per heavy atom. The molecule has 0 saturated heterocycles. The highest BCUT2D eigenvalue weighted by atomic mass is 16.5. The van der Waals surface area contributed by atoms with E-state index in [0.717, 1.165) is 19.6 Å². The first kappa shape index (κ1) is 16.1. The summed E-state index contributed by atoms with van der Waals surface area (Å²) in [6, 6.07) is 2.87. The van der Waals surface area contributed by atoms with Gasteiger partial charge < -0.3 is 25.2 Å². The SMILES string of the molecule is CCN(CC)CCOc1cc(C(=O)O)c(N)cc1OC. The Bertz CT molecular complexity index is 459. The highest BCUT2D eigenvalue weighted by Crippen LogP contribution is 2.32. The molecular weight excluding hydrogens is 260 g/mol. The number of carboxylic acids is 1. The predicted molar refractivity (Wildman–Crippen MR) is 77.6 cm³/mol. The quantitative estimate of drug-likeness (QED) is 0.706. The molecule has 3 N–H and O–H groups in total. The van der Waals surface area contributed by atoms with Crippen LogP contribution in [0.5, 0.6) is 11.5 Å². The molecule has 0 aliphatic heterocycles. The van der Waals surface area contributed by atoms with E-state index in [1.807, 2.05) is 0 Å². The molecule has 1 aromatic rings. The summed E-state index contributed by atoms with van der Waals surface area (Å²) in [5.74, 6) is -0.253. The highest BCUT2D eigenvalue weighted by molar-refractivity contribution is 5.94. The molecule has 112 valence electrons. The molecule has 0 heterocycles. The van der Waals surface area contributed by atoms with Gasteiger partial charge in [0.1, 0.15) is 6.61 Å². The minimum absolute atomic E-state index is 0.0173. The number of rotatable bonds is 8. The van der Waals surface area contributed by atoms with Gasteiger partial charge in [0.05, 0.1) is 18.4 Å². The fraction of sp³-hybridized carbons (Fsp3) is 0.500. The highest BCUT2D eigenvalue weighted by Gasteiger charge is 2.14. The van der Waals surface area contributed by atoms with Gasteiger partial charge in [-0.15, -0.1) is 0 Å². The third-order valence-electron chi connectivity index (χ3n) is 3.13. The van der Waals surface area contributed by atoms with Crippen molar-refractivity contribution in [3.63, 3.8) is 0 Å². The maximum absolute atomic E-state index is 11.1. The predicted octanol–water partition coefficient (Wildman–Crippen LogP) is 1.70. The van der Waals surface area contributed by atoms with Crippen LogP contribution in [-0.4, -0.2) is 49.3 Å². The standard InChI is InChI=1S/C14H22N2O4/c1-4-16(5-2)6-7-20-13-8-10(14(17)18)11(15)9-12(13)19-3/h8-9H,4-7,15H2,1-3H3,(H,17,18). The van der Waals surface area contributed by atoms with Gasteiger partial charge in [0.2, 0.25) is 0 Å². The fourth-order valence-electron chi connectivity index (χ4n) is 1.86. The molecule has 0 fully saturated rings. The lowest BCUT2D eigenvalue weighted by atomic mass is 10.1. The summed E-state index contributed by atoms with van der Waals surface area (Å²) in [5, 5.41) is 9.06. The summed E-state index contributed by atoms with van der Waals surface area (Å²) < 4.78 is 10.8. The molecule has 1 aromatic carbocycles. The molecule has 0 unspecified atom stereocenters. The number of hydrogen-bond donors (Lipinski definition) is 2. The number of carbonyl (C=O) groups is 1. The molecule has 0 aliphatic carbocycles. The van der Waals surface area contributed by atoms with E-state index >= 15 is 0 Å². The van der Waals surface area contributed by atoms with E-state index in [1.165, 1.54) is 19.2 Å². The number of methoxy groups -OCH3 is 1. The second kappa shape index (κ2) is 7.59. The van der Waals surface area contributed by atoms with Gasteiger partial charge >= 0.3 is 5.97 Å². The summed E-state index contributed by atoms with van der Waals surface area (Å²) >= 11 is 0. The third kappa shape index (κ3) is 4.03. The van der Waals surface area contributed by atoms with Crippen molar-refractivity contribution in [2.75, 3.05) is 39.1 Å². The number of carboxylic acid groups (broad SMARTS) is 1. The molecule has 0 radical (unpaired) electrons. The molecule has 0 spiro atoms. The monoisotopic (exact) mass is 282 g/mol. The second-order valence-corrected chi connectivity index (χ2v) is 4.27. The Morgan fingerprint density at radius 1 is 1.30 bits per heavy atom. The first-order valence-electron chi connectivity index (χ1n) is 6.59. The molecule has 0 aliphatic rings. The van der Waals surface area contributed by atoms with E-state index in [0.29, 0.717) is 18.1 Å². The van der Waals surface area contributed by atoms with Crippen molar-refractivity contribution in [1.82, 2.24) is 4.90 Å². The smallest absolute Gasteiger partial charge is 0.337 e. The molecule has 6 nitrogen and oxygen atoms in total. The maximum atomic E-state index is 11.1. The van der Waals surface area contributed by atoms with E-state index in [2.05, 4.69) is 18.7 Å². The summed E-state index contributed by atoms with van der Waals surface area (Å²) in [5.41, 5.74) is 5.84. The van der Waals surface area contributed by atoms with Gasteiger partial charge in [-0.2, -0.15) is 0 Å². The first-order valence-corrected chi connectivity index (χ1v) is 6.59. The Morgan fingerprint density at radius 2 is 1.95 bits per heavy atom. The van der Waals surface area contributed by atoms with Gasteiger partial charge in [0, 0.05) is 18.7 Å². The van der Waals surface area contributed by atoms with Crippen molar-refractivity contribution >= 4 is 11.7 Å². The van der Waals surface area contributed by atoms with E-state index in [9.17, 15) is 4.79 Å². The van der Waals surface area contributed by atoms with Gasteiger partial charge in [0.15, 0.2) is 11.5 Å². The average molecular weight is 282 g/mol. The molecule has 20 heavy (non-hydrogen) atoms. The zero-order chi connectivity index (χ0) is 15.1. The van der Waals surface area contributed by atoms with E-state index < -0.39 is 5.97 Å². The normalized spacial score (nSPS) is 10.6. The zero-order valence-corrected chi connectivity index (χ0v) is 12.2. The van der Waals surface area contributed by atoms with Crippen LogP contribution in [0.25, 0.3) is 0 Å². The van der Waals surface area contributed by atoms with Crippen LogP contribution in [0.15, 0.2) is 12.1 Å². The molecular formula is C14H22N2O4. The van der Waals surface area contributed by atoms with Crippen molar-refractivity contribution < 1.29 is 19.4 Å². The van der Waals surface area contributed by atoms with E-state index in [1.54, 1.807) is 0 Å². The Hall–Kier alpha value is -1.95. The van der Waals surface area contributed by atoms with Crippen LogP contribution in [0.4, 0.5) is 5.69 Å². The van der Waals surface area contributed by atoms with Crippen LogP contribution in [-0.2, 0) is 0 Å². The minimum atomic E-state index is -1.08. The minimum Gasteiger partial charge on any atom is -0.493 e. The summed E-state index contributed by atoms with van der Waals surface area (Å²) in [7, 11) is 1.49. The van der Waals surface area contributed by atoms with Crippen LogP contribution < -0.4 is 15.2 Å². The van der Waals surface area contributed by atoms with Gasteiger partial charge in [-0.1, -0.05) is 13.8 Å². The average Bonchev–Trinajstić information content (AvgIpc) is 2.44. The van der Waals surface area contributed by atoms with Gasteiger partial charge in [-0.3, -0.25) is 0 Å². The Kier molecular flexibility index (Phi) is 6.11. The summed E-state index contributed by atoms with van der Waals surface area (Å²) in [6.07, 6.45) is 0. The molecule has 1 rings (SSSR count). The van der Waals surface area contributed by atoms with Gasteiger partial charge in [0.25, 0.3) is 0 Å². The molecule has 0 aromatic heterocycles. The number of aromatic carboxylic acids is 1. The number of benzene rings is 1. The van der Waals surface area contributed by atoms with E-state index in [-0.39, 0.29) is 11.3 Å². The van der Waals surface area contributed by atoms with Crippen molar-refractivity contribution in [2.24, 2.45) is 0 Å². The zero-order valence-electron chi connectivity index (χ0n) is 12.2. The molecule has 0 saturated carbocycles. The molecule has 0 amide bonds. The van der Waals surface area contributed by atoms with Crippen molar-refractivity contribution in [3.8, 4) is 11.5 Å². The van der Waals surface area contributed by atoms with Crippen LogP contribution >= 0.6 is 0 Å². The molecule has 0 atom stereocenters. The summed E-state index contributed by atoms with van der Waals surface area (Å²) in [4.78, 5) is 13.3. The maximum Gasteiger partial charge on any atom is 0.337 e. The lowest BCUT2D eigenvalue weighted by Crippen LogP contribution is -2.28. The van der Waals surface area contributed by atoms with Crippen LogP contribution in [0.2, 0.25) is 0 Å². The number of anilines is 1.